The number of likely N-dealkylation sites (tertiary alicyclic amines) is 1. The highest BCUT2D eigenvalue weighted by molar-refractivity contribution is 5.86. The molecule has 0 saturated carbocycles. The van der Waals surface area contributed by atoms with E-state index < -0.39 is 6.09 Å². The molecule has 1 heterocycles. The van der Waals surface area contributed by atoms with E-state index in [1.807, 2.05) is 42.5 Å². The number of amides is 1. The van der Waals surface area contributed by atoms with Crippen LogP contribution >= 0.6 is 12.4 Å². The van der Waals surface area contributed by atoms with Crippen molar-refractivity contribution < 1.29 is 9.53 Å². The maximum absolute atomic E-state index is 12.5. The molecular weight excluding hydrogens is 420 g/mol. The Kier molecular flexibility index (Phi) is 7.13. The first-order chi connectivity index (χ1) is 15.3. The summed E-state index contributed by atoms with van der Waals surface area (Å²) < 4.78 is 5.76. The number of hydrogen-bond acceptors (Lipinski definition) is 3. The lowest BCUT2D eigenvalue weighted by atomic mass is 9.74. The van der Waals surface area contributed by atoms with Crippen molar-refractivity contribution in [2.45, 2.75) is 44.2 Å². The van der Waals surface area contributed by atoms with Gasteiger partial charge in [-0.3, -0.25) is 10.2 Å². The number of nitrogens with zero attached hydrogens (tertiary/aromatic N) is 1. The molecule has 3 aromatic carbocycles. The fraction of sp³-hybridized carbons (Fsp3) is 0.296. The number of carbonyl (C=O) groups is 1. The van der Waals surface area contributed by atoms with E-state index in [0.717, 1.165) is 31.6 Å². The molecule has 1 amide bonds. The Bertz CT molecular complexity index is 1040. The molecule has 1 fully saturated rings. The summed E-state index contributed by atoms with van der Waals surface area (Å²) in [6.07, 6.45) is 4.01. The largest absolute Gasteiger partial charge is 0.417 e. The minimum atomic E-state index is -0.434. The topological polar surface area (TPSA) is 41.6 Å². The van der Waals surface area contributed by atoms with Crippen LogP contribution in [0, 0.1) is 0 Å². The molecule has 5 heteroatoms. The van der Waals surface area contributed by atoms with Crippen LogP contribution in [0.4, 0.5) is 10.5 Å². The Morgan fingerprint density at radius 2 is 1.69 bits per heavy atom. The van der Waals surface area contributed by atoms with Gasteiger partial charge in [-0.25, -0.2) is 4.79 Å². The van der Waals surface area contributed by atoms with Crippen LogP contribution in [0.3, 0.4) is 0 Å². The molecule has 5 rings (SSSR count). The Morgan fingerprint density at radius 1 is 0.938 bits per heavy atom. The van der Waals surface area contributed by atoms with Gasteiger partial charge in [-0.05, 0) is 73.0 Å². The van der Waals surface area contributed by atoms with Crippen LogP contribution in [0.25, 0.3) is 0 Å². The van der Waals surface area contributed by atoms with Crippen molar-refractivity contribution in [1.29, 1.82) is 0 Å². The Hall–Kier alpha value is -2.82. The predicted octanol–water partition coefficient (Wildman–Crippen LogP) is 6.41. The standard InChI is InChI=1S/C27H28N2O2.ClH/c30-27(28-21-11-5-2-6-12-21)31-26-15-7-13-22-23-14-8-18-29(25(23)17-16-24(22)26)19-20-9-3-1-4-10-20;/h1-7,9-13,15,23,25H,8,14,16-19H2,(H,28,30);1H/t23-,25-;/m1./s1. The highest BCUT2D eigenvalue weighted by Gasteiger charge is 2.37. The Labute approximate surface area is 196 Å². The van der Waals surface area contributed by atoms with E-state index in [4.69, 9.17) is 4.74 Å². The third-order valence-electron chi connectivity index (χ3n) is 6.60. The lowest BCUT2D eigenvalue weighted by molar-refractivity contribution is 0.104. The number of ether oxygens (including phenoxy) is 1. The van der Waals surface area contributed by atoms with Gasteiger partial charge in [0.1, 0.15) is 5.75 Å². The maximum Gasteiger partial charge on any atom is 0.417 e. The summed E-state index contributed by atoms with van der Waals surface area (Å²) in [7, 11) is 0. The smallest absolute Gasteiger partial charge is 0.410 e. The molecule has 2 atom stereocenters. The molecule has 1 saturated heterocycles. The van der Waals surface area contributed by atoms with Crippen LogP contribution < -0.4 is 10.1 Å². The second-order valence-electron chi connectivity index (χ2n) is 8.52. The van der Waals surface area contributed by atoms with E-state index in [0.29, 0.717) is 17.7 Å². The molecule has 1 N–H and O–H groups in total. The minimum absolute atomic E-state index is 0. The predicted molar refractivity (Wildman–Crippen MR) is 131 cm³/mol. The minimum Gasteiger partial charge on any atom is -0.410 e. The van der Waals surface area contributed by atoms with Crippen LogP contribution in [0.5, 0.6) is 5.75 Å². The molecule has 0 unspecified atom stereocenters. The number of piperidine rings is 1. The third-order valence-corrected chi connectivity index (χ3v) is 6.60. The first-order valence-corrected chi connectivity index (χ1v) is 11.2. The molecule has 0 bridgehead atoms. The van der Waals surface area contributed by atoms with E-state index in [9.17, 15) is 4.79 Å². The molecular formula is C27H29ClN2O2. The Morgan fingerprint density at radius 3 is 2.47 bits per heavy atom. The average molecular weight is 449 g/mol. The van der Waals surface area contributed by atoms with Crippen LogP contribution in [0.15, 0.2) is 78.9 Å². The van der Waals surface area contributed by atoms with Gasteiger partial charge in [-0.1, -0.05) is 60.7 Å². The van der Waals surface area contributed by atoms with E-state index in [2.05, 4.69) is 46.6 Å². The van der Waals surface area contributed by atoms with Gasteiger partial charge >= 0.3 is 6.09 Å². The zero-order valence-corrected chi connectivity index (χ0v) is 18.9. The van der Waals surface area contributed by atoms with Crippen molar-refractivity contribution in [3.05, 3.63) is 95.6 Å². The lowest BCUT2D eigenvalue weighted by Crippen LogP contribution is -2.45. The number of nitrogens with one attached hydrogen (secondary N) is 1. The monoisotopic (exact) mass is 448 g/mol. The quantitative estimate of drug-likeness (QED) is 0.501. The van der Waals surface area contributed by atoms with Crippen molar-refractivity contribution in [3.63, 3.8) is 0 Å². The lowest BCUT2D eigenvalue weighted by Gasteiger charge is -2.45. The van der Waals surface area contributed by atoms with Crippen molar-refractivity contribution >= 4 is 24.2 Å². The van der Waals surface area contributed by atoms with Gasteiger partial charge in [-0.15, -0.1) is 12.4 Å². The summed E-state index contributed by atoms with van der Waals surface area (Å²) >= 11 is 0. The summed E-state index contributed by atoms with van der Waals surface area (Å²) in [6, 6.07) is 26.9. The van der Waals surface area contributed by atoms with E-state index >= 15 is 0 Å². The summed E-state index contributed by atoms with van der Waals surface area (Å²) in [5.41, 5.74) is 4.68. The molecule has 3 aromatic rings. The van der Waals surface area contributed by atoms with Gasteiger partial charge in [-0.2, -0.15) is 0 Å². The molecule has 0 radical (unpaired) electrons. The van der Waals surface area contributed by atoms with Crippen LogP contribution in [0.2, 0.25) is 0 Å². The van der Waals surface area contributed by atoms with Gasteiger partial charge in [0.25, 0.3) is 0 Å². The second kappa shape index (κ2) is 10.2. The molecule has 0 aromatic heterocycles. The number of carbonyl (C=O) groups excluding carboxylic acids is 1. The van der Waals surface area contributed by atoms with Crippen molar-refractivity contribution in [3.8, 4) is 5.75 Å². The van der Waals surface area contributed by atoms with Gasteiger partial charge in [0.2, 0.25) is 0 Å². The number of fused-ring (bicyclic) bond motifs is 3. The van der Waals surface area contributed by atoms with Crippen LogP contribution in [0.1, 0.15) is 41.9 Å². The van der Waals surface area contributed by atoms with E-state index in [1.165, 1.54) is 29.5 Å². The molecule has 32 heavy (non-hydrogen) atoms. The number of rotatable bonds is 4. The third kappa shape index (κ3) is 4.82. The zero-order valence-electron chi connectivity index (χ0n) is 18.1. The highest BCUT2D eigenvalue weighted by Crippen LogP contribution is 2.43. The van der Waals surface area contributed by atoms with Crippen molar-refractivity contribution in [2.75, 3.05) is 11.9 Å². The van der Waals surface area contributed by atoms with E-state index in [1.54, 1.807) is 0 Å². The van der Waals surface area contributed by atoms with Gasteiger partial charge < -0.3 is 4.74 Å². The van der Waals surface area contributed by atoms with Crippen LogP contribution in [-0.2, 0) is 13.0 Å². The molecule has 1 aliphatic carbocycles. The number of hydrogen-bond donors (Lipinski definition) is 1. The SMILES string of the molecule is Cl.O=C(Nc1ccccc1)Oc1cccc2c1CC[C@@H]1[C@@H]2CCCN1Cc1ccccc1. The van der Waals surface area contributed by atoms with Crippen molar-refractivity contribution in [2.24, 2.45) is 0 Å². The van der Waals surface area contributed by atoms with Crippen molar-refractivity contribution in [1.82, 2.24) is 4.90 Å². The molecule has 1 aliphatic heterocycles. The van der Waals surface area contributed by atoms with E-state index in [-0.39, 0.29) is 12.4 Å². The number of para-hydroxylation sites is 1. The molecule has 2 aliphatic rings. The fourth-order valence-electron chi connectivity index (χ4n) is 5.24. The second-order valence-corrected chi connectivity index (χ2v) is 8.52. The van der Waals surface area contributed by atoms with Gasteiger partial charge in [0.15, 0.2) is 0 Å². The number of anilines is 1. The molecule has 166 valence electrons. The summed E-state index contributed by atoms with van der Waals surface area (Å²) in [6.45, 7) is 2.16. The fourth-order valence-corrected chi connectivity index (χ4v) is 5.24. The van der Waals surface area contributed by atoms with Gasteiger partial charge in [0.05, 0.1) is 0 Å². The molecule has 4 nitrogen and oxygen atoms in total. The highest BCUT2D eigenvalue weighted by atomic mass is 35.5. The normalized spacial score (nSPS) is 19.8. The maximum atomic E-state index is 12.5. The number of benzene rings is 3. The summed E-state index contributed by atoms with van der Waals surface area (Å²) in [4.78, 5) is 15.1. The summed E-state index contributed by atoms with van der Waals surface area (Å²) in [5.74, 6) is 1.20. The molecule has 0 spiro atoms. The first kappa shape index (κ1) is 22.4. The Balaban J connectivity index is 0.00000245. The first-order valence-electron chi connectivity index (χ1n) is 11.2. The number of halogens is 1. The van der Waals surface area contributed by atoms with Crippen LogP contribution in [-0.4, -0.2) is 23.6 Å². The van der Waals surface area contributed by atoms with Gasteiger partial charge in [0, 0.05) is 18.3 Å². The average Bonchev–Trinajstić information content (AvgIpc) is 2.81. The zero-order chi connectivity index (χ0) is 21.0. The summed E-state index contributed by atoms with van der Waals surface area (Å²) in [5, 5.41) is 2.82.